The molecule has 1 fully saturated rings. The van der Waals surface area contributed by atoms with Crippen molar-refractivity contribution in [1.29, 1.82) is 0 Å². The van der Waals surface area contributed by atoms with Crippen LogP contribution >= 0.6 is 31.9 Å². The zero-order valence-corrected chi connectivity index (χ0v) is 14.2. The van der Waals surface area contributed by atoms with Crippen LogP contribution in [0.15, 0.2) is 0 Å². The van der Waals surface area contributed by atoms with E-state index in [1.165, 1.54) is 0 Å². The van der Waals surface area contributed by atoms with Gasteiger partial charge in [0.25, 0.3) is 9.63 Å². The minimum atomic E-state index is -0.187. The first-order chi connectivity index (χ1) is 8.12. The lowest BCUT2D eigenvalue weighted by Gasteiger charge is -2.46. The maximum Gasteiger partial charge on any atom is 0.287 e. The van der Waals surface area contributed by atoms with Crippen LogP contribution in [0.5, 0.6) is 0 Å². The van der Waals surface area contributed by atoms with Gasteiger partial charge >= 0.3 is 0 Å². The molecule has 2 N–H and O–H groups in total. The third-order valence-corrected chi connectivity index (χ3v) is 3.92. The molecule has 0 aliphatic heterocycles. The summed E-state index contributed by atoms with van der Waals surface area (Å²) in [6.45, 7) is 7.18. The number of hydrogen-bond acceptors (Lipinski definition) is 2. The molecule has 0 spiro atoms. The summed E-state index contributed by atoms with van der Waals surface area (Å²) in [5.74, 6) is 0. The van der Waals surface area contributed by atoms with Crippen LogP contribution in [0.1, 0.15) is 40.0 Å². The monoisotopic (exact) mass is 382 g/mol. The molecule has 2 amide bonds. The summed E-state index contributed by atoms with van der Waals surface area (Å²) in [5, 5.41) is 5.75. The summed E-state index contributed by atoms with van der Waals surface area (Å²) >= 11 is 5.80. The van der Waals surface area contributed by atoms with Gasteiger partial charge in [0.15, 0.2) is 0 Å². The van der Waals surface area contributed by atoms with Crippen molar-refractivity contribution in [2.75, 3.05) is 6.54 Å². The van der Waals surface area contributed by atoms with Crippen LogP contribution in [-0.2, 0) is 0 Å². The van der Waals surface area contributed by atoms with Crippen molar-refractivity contribution in [2.24, 2.45) is 10.8 Å². The van der Waals surface area contributed by atoms with Crippen LogP contribution in [-0.4, -0.2) is 22.2 Å². The fraction of sp³-hybridized carbons (Fsp3) is 0.833. The van der Waals surface area contributed by atoms with Crippen LogP contribution in [0.2, 0.25) is 0 Å². The molecule has 104 valence electrons. The maximum atomic E-state index is 11.1. The number of hydrogen-bond donors (Lipinski definition) is 2. The fourth-order valence-electron chi connectivity index (χ4n) is 3.31. The van der Waals surface area contributed by atoms with Gasteiger partial charge in [0.1, 0.15) is 0 Å². The topological polar surface area (TPSA) is 58.2 Å². The molecule has 18 heavy (non-hydrogen) atoms. The molecule has 0 radical (unpaired) electrons. The van der Waals surface area contributed by atoms with Crippen molar-refractivity contribution in [3.63, 3.8) is 0 Å². The second kappa shape index (κ2) is 5.90. The number of carbonyl (C=O) groups excluding carboxylic acids is 2. The van der Waals surface area contributed by atoms with E-state index in [2.05, 4.69) is 63.3 Å². The van der Waals surface area contributed by atoms with E-state index in [0.29, 0.717) is 6.54 Å². The third kappa shape index (κ3) is 5.26. The summed E-state index contributed by atoms with van der Waals surface area (Å²) in [7, 11) is 0. The average Bonchev–Trinajstić information content (AvgIpc) is 2.10. The second-order valence-corrected chi connectivity index (χ2v) is 7.74. The van der Waals surface area contributed by atoms with Crippen molar-refractivity contribution in [2.45, 2.75) is 46.1 Å². The van der Waals surface area contributed by atoms with Gasteiger partial charge in [0.2, 0.25) is 0 Å². The lowest BCUT2D eigenvalue weighted by Crippen LogP contribution is -2.49. The van der Waals surface area contributed by atoms with Gasteiger partial charge in [0, 0.05) is 44.4 Å². The Labute approximate surface area is 125 Å². The average molecular weight is 384 g/mol. The quantitative estimate of drug-likeness (QED) is 0.575. The van der Waals surface area contributed by atoms with E-state index in [-0.39, 0.29) is 26.5 Å². The molecule has 0 aromatic rings. The largest absolute Gasteiger partial charge is 0.346 e. The summed E-state index contributed by atoms with van der Waals surface area (Å²) in [6, 6.07) is 0.151. The summed E-state index contributed by atoms with van der Waals surface area (Å²) < 4.78 is 0. The van der Waals surface area contributed by atoms with Crippen LogP contribution < -0.4 is 10.6 Å². The normalized spacial score (nSPS) is 30.6. The van der Waals surface area contributed by atoms with Gasteiger partial charge in [-0.2, -0.15) is 0 Å². The van der Waals surface area contributed by atoms with Gasteiger partial charge in [-0.25, -0.2) is 0 Å². The van der Waals surface area contributed by atoms with Gasteiger partial charge in [-0.1, -0.05) is 20.8 Å². The molecule has 0 aromatic carbocycles. The van der Waals surface area contributed by atoms with E-state index >= 15 is 0 Å². The van der Waals surface area contributed by atoms with Gasteiger partial charge in [0.05, 0.1) is 0 Å². The predicted octanol–water partition coefficient (Wildman–Crippen LogP) is 3.78. The molecule has 0 saturated heterocycles. The highest BCUT2D eigenvalue weighted by Gasteiger charge is 2.41. The number of amides is 2. The zero-order valence-electron chi connectivity index (χ0n) is 11.0. The number of nitrogens with one attached hydrogen (secondary N) is 2. The minimum Gasteiger partial charge on any atom is -0.346 e. The molecular weight excluding hydrogens is 364 g/mol. The highest BCUT2D eigenvalue weighted by molar-refractivity contribution is 9.18. The Hall–Kier alpha value is -0.100. The Morgan fingerprint density at radius 1 is 1.17 bits per heavy atom. The lowest BCUT2D eigenvalue weighted by molar-refractivity contribution is 0.0773. The van der Waals surface area contributed by atoms with Crippen molar-refractivity contribution in [3.05, 3.63) is 0 Å². The Kier molecular flexibility index (Phi) is 5.23. The molecule has 0 bridgehead atoms. The maximum absolute atomic E-state index is 11.1. The van der Waals surface area contributed by atoms with Crippen LogP contribution in [0.3, 0.4) is 0 Å². The van der Waals surface area contributed by atoms with E-state index in [4.69, 9.17) is 0 Å². The summed E-state index contributed by atoms with van der Waals surface area (Å²) in [4.78, 5) is 21.7. The van der Waals surface area contributed by atoms with Crippen molar-refractivity contribution >= 4 is 41.5 Å². The Morgan fingerprint density at radius 2 is 1.78 bits per heavy atom. The first kappa shape index (κ1) is 16.0. The fourth-order valence-corrected chi connectivity index (χ4v) is 3.78. The first-order valence-corrected chi connectivity index (χ1v) is 7.60. The minimum absolute atomic E-state index is 0.00525. The van der Waals surface area contributed by atoms with Gasteiger partial charge in [-0.3, -0.25) is 9.59 Å². The molecule has 1 saturated carbocycles. The molecule has 2 atom stereocenters. The molecule has 4 nitrogen and oxygen atoms in total. The SMILES string of the molecule is CC1(C)CC(NC(=O)Br)CC(C)(CNC(=O)Br)C1. The molecule has 1 aliphatic rings. The van der Waals surface area contributed by atoms with Crippen LogP contribution in [0, 0.1) is 10.8 Å². The highest BCUT2D eigenvalue weighted by atomic mass is 79.9. The van der Waals surface area contributed by atoms with E-state index in [1.807, 2.05) is 0 Å². The number of carbonyl (C=O) groups is 2. The predicted molar refractivity (Wildman–Crippen MR) is 79.3 cm³/mol. The van der Waals surface area contributed by atoms with Gasteiger partial charge in [-0.05, 0) is 30.1 Å². The second-order valence-electron chi connectivity index (χ2n) is 6.30. The molecule has 6 heteroatoms. The van der Waals surface area contributed by atoms with E-state index in [0.717, 1.165) is 19.3 Å². The van der Waals surface area contributed by atoms with E-state index in [9.17, 15) is 9.59 Å². The smallest absolute Gasteiger partial charge is 0.287 e. The van der Waals surface area contributed by atoms with Crippen molar-refractivity contribution in [3.8, 4) is 0 Å². The number of halogens is 2. The zero-order chi connectivity index (χ0) is 14.0. The molecule has 0 heterocycles. The Morgan fingerprint density at radius 3 is 2.28 bits per heavy atom. The first-order valence-electron chi connectivity index (χ1n) is 6.01. The molecule has 1 rings (SSSR count). The molecular formula is C12H20Br2N2O2. The van der Waals surface area contributed by atoms with E-state index in [1.54, 1.807) is 0 Å². The van der Waals surface area contributed by atoms with Gasteiger partial charge in [-0.15, -0.1) is 0 Å². The number of rotatable bonds is 3. The van der Waals surface area contributed by atoms with Crippen LogP contribution in [0.25, 0.3) is 0 Å². The Bertz CT molecular complexity index is 347. The Balaban J connectivity index is 2.72. The van der Waals surface area contributed by atoms with Crippen molar-refractivity contribution < 1.29 is 9.59 Å². The standard InChI is InChI=1S/C12H20Br2N2O2/c1-11(2)4-8(16-10(14)18)5-12(3,6-11)7-15-9(13)17/h8H,4-7H2,1-3H3,(H,15,17)(H,16,18). The van der Waals surface area contributed by atoms with Gasteiger partial charge < -0.3 is 10.6 Å². The highest BCUT2D eigenvalue weighted by Crippen LogP contribution is 2.45. The lowest BCUT2D eigenvalue weighted by atomic mass is 9.62. The third-order valence-electron chi connectivity index (χ3n) is 3.42. The molecule has 2 unspecified atom stereocenters. The molecule has 1 aliphatic carbocycles. The molecule has 0 aromatic heterocycles. The summed E-state index contributed by atoms with van der Waals surface area (Å²) in [5.41, 5.74) is 0.162. The van der Waals surface area contributed by atoms with E-state index < -0.39 is 0 Å². The van der Waals surface area contributed by atoms with Crippen LogP contribution in [0.4, 0.5) is 9.59 Å². The van der Waals surface area contributed by atoms with Crippen molar-refractivity contribution in [1.82, 2.24) is 10.6 Å². The summed E-state index contributed by atoms with van der Waals surface area (Å²) in [6.07, 6.45) is 2.87.